The van der Waals surface area contributed by atoms with E-state index in [9.17, 15) is 5.11 Å². The van der Waals surface area contributed by atoms with Gasteiger partial charge in [-0.1, -0.05) is 18.0 Å². The number of aliphatic hydroxyl groups is 1. The van der Waals surface area contributed by atoms with E-state index in [1.54, 1.807) is 13.1 Å². The number of rotatable bonds is 3. The zero-order chi connectivity index (χ0) is 17.9. The molecule has 4 rings (SSSR count). The van der Waals surface area contributed by atoms with Crippen molar-refractivity contribution >= 4 is 5.82 Å². The first-order valence-electron chi connectivity index (χ1n) is 9.64. The molecule has 7 nitrogen and oxygen atoms in total. The summed E-state index contributed by atoms with van der Waals surface area (Å²) < 4.78 is 5.18. The van der Waals surface area contributed by atoms with Crippen molar-refractivity contribution in [2.75, 3.05) is 31.1 Å². The van der Waals surface area contributed by atoms with Crippen LogP contribution in [0.15, 0.2) is 22.9 Å². The lowest BCUT2D eigenvalue weighted by Gasteiger charge is -2.42. The molecule has 2 aromatic heterocycles. The van der Waals surface area contributed by atoms with Crippen molar-refractivity contribution in [1.29, 1.82) is 0 Å². The van der Waals surface area contributed by atoms with Gasteiger partial charge in [0.2, 0.25) is 0 Å². The number of hydrogen-bond acceptors (Lipinski definition) is 7. The molecule has 4 heterocycles. The van der Waals surface area contributed by atoms with Gasteiger partial charge in [0.05, 0.1) is 11.7 Å². The summed E-state index contributed by atoms with van der Waals surface area (Å²) in [5.74, 6) is 1.99. The second kappa shape index (κ2) is 7.72. The smallest absolute Gasteiger partial charge is 0.259 e. The van der Waals surface area contributed by atoms with E-state index in [0.29, 0.717) is 18.3 Å². The van der Waals surface area contributed by atoms with Crippen LogP contribution < -0.4 is 4.90 Å². The number of aryl methyl sites for hydroxylation is 1. The van der Waals surface area contributed by atoms with Crippen molar-refractivity contribution in [3.63, 3.8) is 0 Å². The SMILES string of the molecule is Cc1noc(-c2ccc(N3CC[C@H](N4CCCCCC4)[C@@H](O)C3)nc2)n1. The predicted octanol–water partition coefficient (Wildman–Crippen LogP) is 2.26. The number of nitrogens with zero attached hydrogens (tertiary/aromatic N) is 5. The summed E-state index contributed by atoms with van der Waals surface area (Å²) in [7, 11) is 0. The Balaban J connectivity index is 1.40. The van der Waals surface area contributed by atoms with E-state index in [0.717, 1.165) is 37.4 Å². The van der Waals surface area contributed by atoms with Gasteiger partial charge in [-0.2, -0.15) is 4.98 Å². The molecule has 2 aromatic rings. The Morgan fingerprint density at radius 1 is 1.12 bits per heavy atom. The Morgan fingerprint density at radius 2 is 1.92 bits per heavy atom. The lowest BCUT2D eigenvalue weighted by atomic mass is 9.99. The van der Waals surface area contributed by atoms with Gasteiger partial charge >= 0.3 is 0 Å². The van der Waals surface area contributed by atoms with E-state index >= 15 is 0 Å². The molecule has 2 saturated heterocycles. The first kappa shape index (κ1) is 17.4. The highest BCUT2D eigenvalue weighted by molar-refractivity contribution is 5.54. The average molecular weight is 357 g/mol. The van der Waals surface area contributed by atoms with E-state index in [4.69, 9.17) is 4.52 Å². The fourth-order valence-electron chi connectivity index (χ4n) is 4.09. The first-order chi connectivity index (χ1) is 12.7. The molecular formula is C19H27N5O2. The van der Waals surface area contributed by atoms with Crippen LogP contribution in [0.3, 0.4) is 0 Å². The molecular weight excluding hydrogens is 330 g/mol. The third kappa shape index (κ3) is 3.73. The number of pyridine rings is 1. The first-order valence-corrected chi connectivity index (χ1v) is 9.64. The topological polar surface area (TPSA) is 78.5 Å². The standard InChI is InChI=1S/C19H27N5O2/c1-14-21-19(26-22-14)15-6-7-18(20-12-15)24-11-8-16(17(25)13-24)23-9-4-2-3-5-10-23/h6-7,12,16-17,25H,2-5,8-11,13H2,1H3/t16-,17-/m0/s1. The van der Waals surface area contributed by atoms with Crippen LogP contribution in [-0.4, -0.2) is 63.5 Å². The van der Waals surface area contributed by atoms with Crippen LogP contribution >= 0.6 is 0 Å². The predicted molar refractivity (Wildman–Crippen MR) is 98.9 cm³/mol. The van der Waals surface area contributed by atoms with Crippen LogP contribution in [0.25, 0.3) is 11.5 Å². The van der Waals surface area contributed by atoms with Gasteiger partial charge in [0.1, 0.15) is 5.82 Å². The Morgan fingerprint density at radius 3 is 2.54 bits per heavy atom. The van der Waals surface area contributed by atoms with Crippen molar-refractivity contribution in [1.82, 2.24) is 20.0 Å². The van der Waals surface area contributed by atoms with E-state index in [1.807, 2.05) is 12.1 Å². The van der Waals surface area contributed by atoms with Gasteiger partial charge in [0.25, 0.3) is 5.89 Å². The number of aliphatic hydroxyl groups excluding tert-OH is 1. The molecule has 0 aliphatic carbocycles. The molecule has 0 radical (unpaired) electrons. The Kier molecular flexibility index (Phi) is 5.17. The fourth-order valence-corrected chi connectivity index (χ4v) is 4.09. The minimum absolute atomic E-state index is 0.282. The van der Waals surface area contributed by atoms with Crippen LogP contribution in [0.2, 0.25) is 0 Å². The van der Waals surface area contributed by atoms with Crippen molar-refractivity contribution in [2.45, 2.75) is 51.2 Å². The van der Waals surface area contributed by atoms with Crippen molar-refractivity contribution in [2.24, 2.45) is 0 Å². The normalized spacial score (nSPS) is 25.2. The molecule has 7 heteroatoms. The maximum atomic E-state index is 10.7. The van der Waals surface area contributed by atoms with Crippen molar-refractivity contribution in [3.8, 4) is 11.5 Å². The summed E-state index contributed by atoms with van der Waals surface area (Å²) in [5, 5.41) is 14.5. The van der Waals surface area contributed by atoms with Gasteiger partial charge in [0.15, 0.2) is 5.82 Å². The highest BCUT2D eigenvalue weighted by Crippen LogP contribution is 2.25. The lowest BCUT2D eigenvalue weighted by Crippen LogP contribution is -2.54. The highest BCUT2D eigenvalue weighted by Gasteiger charge is 2.32. The fraction of sp³-hybridized carbons (Fsp3) is 0.632. The summed E-state index contributed by atoms with van der Waals surface area (Å²) >= 11 is 0. The van der Waals surface area contributed by atoms with E-state index in [-0.39, 0.29) is 12.1 Å². The summed E-state index contributed by atoms with van der Waals surface area (Å²) in [6.45, 7) is 5.60. The van der Waals surface area contributed by atoms with E-state index in [1.165, 1.54) is 25.7 Å². The zero-order valence-electron chi connectivity index (χ0n) is 15.3. The molecule has 0 spiro atoms. The summed E-state index contributed by atoms with van der Waals surface area (Å²) in [6.07, 6.45) is 7.56. The number of anilines is 1. The number of likely N-dealkylation sites (tertiary alicyclic amines) is 1. The van der Waals surface area contributed by atoms with Crippen molar-refractivity contribution in [3.05, 3.63) is 24.2 Å². The van der Waals surface area contributed by atoms with E-state index in [2.05, 4.69) is 24.9 Å². The Bertz CT molecular complexity index is 709. The number of hydrogen-bond donors (Lipinski definition) is 1. The molecule has 0 bridgehead atoms. The maximum absolute atomic E-state index is 10.7. The second-order valence-electron chi connectivity index (χ2n) is 7.37. The molecule has 26 heavy (non-hydrogen) atoms. The molecule has 1 N–H and O–H groups in total. The minimum Gasteiger partial charge on any atom is -0.390 e. The van der Waals surface area contributed by atoms with E-state index < -0.39 is 0 Å². The Labute approximate surface area is 154 Å². The molecule has 2 fully saturated rings. The summed E-state index contributed by atoms with van der Waals surface area (Å²) in [5.41, 5.74) is 0.814. The number of aromatic nitrogens is 3. The van der Waals surface area contributed by atoms with Gasteiger partial charge in [-0.15, -0.1) is 0 Å². The largest absolute Gasteiger partial charge is 0.390 e. The highest BCUT2D eigenvalue weighted by atomic mass is 16.5. The third-order valence-corrected chi connectivity index (χ3v) is 5.50. The van der Waals surface area contributed by atoms with Crippen LogP contribution in [0.5, 0.6) is 0 Å². The lowest BCUT2D eigenvalue weighted by molar-refractivity contribution is 0.0383. The van der Waals surface area contributed by atoms with Gasteiger partial charge in [-0.3, -0.25) is 4.90 Å². The molecule has 0 saturated carbocycles. The quantitative estimate of drug-likeness (QED) is 0.902. The maximum Gasteiger partial charge on any atom is 0.259 e. The van der Waals surface area contributed by atoms with Crippen LogP contribution in [0.1, 0.15) is 37.9 Å². The van der Waals surface area contributed by atoms with Crippen LogP contribution in [0, 0.1) is 6.92 Å². The van der Waals surface area contributed by atoms with Gasteiger partial charge in [-0.25, -0.2) is 4.98 Å². The number of β-amino-alcohol motifs (C(OH)–C–C–N with tert-alkyl or cyclic N) is 1. The third-order valence-electron chi connectivity index (χ3n) is 5.50. The monoisotopic (exact) mass is 357 g/mol. The second-order valence-corrected chi connectivity index (χ2v) is 7.37. The molecule has 2 atom stereocenters. The van der Waals surface area contributed by atoms with Gasteiger partial charge < -0.3 is 14.5 Å². The minimum atomic E-state index is -0.332. The summed E-state index contributed by atoms with van der Waals surface area (Å²) in [6, 6.07) is 4.20. The molecule has 140 valence electrons. The van der Waals surface area contributed by atoms with Gasteiger partial charge in [0, 0.05) is 25.3 Å². The molecule has 0 unspecified atom stereocenters. The molecule has 2 aliphatic heterocycles. The molecule has 0 aromatic carbocycles. The van der Waals surface area contributed by atoms with Gasteiger partial charge in [-0.05, 0) is 51.4 Å². The van der Waals surface area contributed by atoms with Crippen LogP contribution in [0.4, 0.5) is 5.82 Å². The number of piperidine rings is 1. The van der Waals surface area contributed by atoms with Crippen LogP contribution in [-0.2, 0) is 0 Å². The zero-order valence-corrected chi connectivity index (χ0v) is 15.3. The van der Waals surface area contributed by atoms with Crippen molar-refractivity contribution < 1.29 is 9.63 Å². The Hall–Kier alpha value is -1.99. The average Bonchev–Trinajstić information content (AvgIpc) is 2.92. The molecule has 0 amide bonds. The molecule has 2 aliphatic rings. The summed E-state index contributed by atoms with van der Waals surface area (Å²) in [4.78, 5) is 13.4.